The van der Waals surface area contributed by atoms with Crippen molar-refractivity contribution in [2.45, 2.75) is 6.10 Å². The second kappa shape index (κ2) is 5.41. The molecule has 0 aliphatic carbocycles. The van der Waals surface area contributed by atoms with Gasteiger partial charge in [0.1, 0.15) is 6.10 Å². The molecule has 1 N–H and O–H groups in total. The Hall–Kier alpha value is -1.61. The molecule has 1 atom stereocenters. The molecule has 20 heavy (non-hydrogen) atoms. The molecule has 3 rings (SSSR count). The van der Waals surface area contributed by atoms with Crippen LogP contribution < -0.4 is 0 Å². The Morgan fingerprint density at radius 3 is 2.55 bits per heavy atom. The average molecular weight is 304 g/mol. The summed E-state index contributed by atoms with van der Waals surface area (Å²) in [5, 5.41) is 13.4. The van der Waals surface area contributed by atoms with Crippen LogP contribution in [0.4, 0.5) is 0 Å². The topological polar surface area (TPSA) is 33.1 Å². The highest BCUT2D eigenvalue weighted by atomic mass is 35.5. The molecule has 0 spiro atoms. The SMILES string of the molecule is OC(c1ncc(Cl)cc1Cl)c1cccc2ccccc12. The molecule has 100 valence electrons. The van der Waals surface area contributed by atoms with Gasteiger partial charge in [0.15, 0.2) is 0 Å². The summed E-state index contributed by atoms with van der Waals surface area (Å²) >= 11 is 12.0. The number of aromatic nitrogens is 1. The van der Waals surface area contributed by atoms with E-state index in [4.69, 9.17) is 23.2 Å². The minimum Gasteiger partial charge on any atom is -0.382 e. The summed E-state index contributed by atoms with van der Waals surface area (Å²) in [7, 11) is 0. The molecule has 2 aromatic carbocycles. The molecule has 0 saturated carbocycles. The van der Waals surface area contributed by atoms with E-state index in [0.29, 0.717) is 15.7 Å². The first-order chi connectivity index (χ1) is 9.66. The Bertz CT molecular complexity index is 768. The van der Waals surface area contributed by atoms with E-state index in [9.17, 15) is 5.11 Å². The fourth-order valence-corrected chi connectivity index (χ4v) is 2.75. The number of aliphatic hydroxyl groups excluding tert-OH is 1. The van der Waals surface area contributed by atoms with Gasteiger partial charge in [0.25, 0.3) is 0 Å². The van der Waals surface area contributed by atoms with Crippen LogP contribution in [-0.2, 0) is 0 Å². The maximum absolute atomic E-state index is 10.6. The zero-order valence-electron chi connectivity index (χ0n) is 10.4. The Labute approximate surface area is 126 Å². The Kier molecular flexibility index (Phi) is 3.62. The first-order valence-electron chi connectivity index (χ1n) is 6.13. The zero-order chi connectivity index (χ0) is 14.1. The highest BCUT2D eigenvalue weighted by Crippen LogP contribution is 2.32. The number of halogens is 2. The summed E-state index contributed by atoms with van der Waals surface area (Å²) in [6.45, 7) is 0. The number of pyridine rings is 1. The van der Waals surface area contributed by atoms with Crippen molar-refractivity contribution in [1.82, 2.24) is 4.98 Å². The maximum Gasteiger partial charge on any atom is 0.123 e. The van der Waals surface area contributed by atoms with Gasteiger partial charge < -0.3 is 5.11 Å². The average Bonchev–Trinajstić information content (AvgIpc) is 2.46. The van der Waals surface area contributed by atoms with Crippen molar-refractivity contribution in [3.8, 4) is 0 Å². The first kappa shape index (κ1) is 13.4. The van der Waals surface area contributed by atoms with E-state index in [2.05, 4.69) is 4.98 Å². The minimum absolute atomic E-state index is 0.359. The van der Waals surface area contributed by atoms with Gasteiger partial charge in [-0.05, 0) is 22.4 Å². The molecular weight excluding hydrogens is 293 g/mol. The second-order valence-corrected chi connectivity index (χ2v) is 5.34. The molecule has 0 saturated heterocycles. The van der Waals surface area contributed by atoms with Crippen LogP contribution in [0.3, 0.4) is 0 Å². The fraction of sp³-hybridized carbons (Fsp3) is 0.0625. The molecule has 1 aromatic heterocycles. The summed E-state index contributed by atoms with van der Waals surface area (Å²) in [6.07, 6.45) is 0.600. The maximum atomic E-state index is 10.6. The van der Waals surface area contributed by atoms with E-state index in [-0.39, 0.29) is 0 Å². The van der Waals surface area contributed by atoms with Crippen molar-refractivity contribution < 1.29 is 5.11 Å². The zero-order valence-corrected chi connectivity index (χ0v) is 11.9. The third-order valence-electron chi connectivity index (χ3n) is 3.21. The number of aliphatic hydroxyl groups is 1. The van der Waals surface area contributed by atoms with E-state index in [1.165, 1.54) is 6.20 Å². The number of fused-ring (bicyclic) bond motifs is 1. The third kappa shape index (κ3) is 2.38. The van der Waals surface area contributed by atoms with Crippen molar-refractivity contribution in [3.05, 3.63) is 76.0 Å². The molecule has 0 amide bonds. The molecule has 0 bridgehead atoms. The number of hydrogen-bond acceptors (Lipinski definition) is 2. The van der Waals surface area contributed by atoms with Crippen molar-refractivity contribution in [2.24, 2.45) is 0 Å². The number of hydrogen-bond donors (Lipinski definition) is 1. The summed E-state index contributed by atoms with van der Waals surface area (Å²) in [4.78, 5) is 4.15. The summed E-state index contributed by atoms with van der Waals surface area (Å²) in [5.74, 6) is 0. The molecule has 0 aliphatic rings. The quantitative estimate of drug-likeness (QED) is 0.749. The van der Waals surface area contributed by atoms with Gasteiger partial charge in [-0.2, -0.15) is 0 Å². The molecule has 0 fully saturated rings. The minimum atomic E-state index is -0.883. The van der Waals surface area contributed by atoms with Crippen molar-refractivity contribution in [2.75, 3.05) is 0 Å². The van der Waals surface area contributed by atoms with E-state index in [1.807, 2.05) is 42.5 Å². The van der Waals surface area contributed by atoms with Gasteiger partial charge in [-0.3, -0.25) is 4.98 Å². The predicted molar refractivity (Wildman–Crippen MR) is 82.3 cm³/mol. The number of benzene rings is 2. The van der Waals surface area contributed by atoms with Gasteiger partial charge in [0.2, 0.25) is 0 Å². The van der Waals surface area contributed by atoms with Crippen LogP contribution in [0.2, 0.25) is 10.0 Å². The molecule has 1 unspecified atom stereocenters. The van der Waals surface area contributed by atoms with Crippen molar-refractivity contribution in [1.29, 1.82) is 0 Å². The van der Waals surface area contributed by atoms with Crippen molar-refractivity contribution in [3.63, 3.8) is 0 Å². The smallest absolute Gasteiger partial charge is 0.123 e. The monoisotopic (exact) mass is 303 g/mol. The lowest BCUT2D eigenvalue weighted by Gasteiger charge is -2.14. The van der Waals surface area contributed by atoms with Gasteiger partial charge in [0, 0.05) is 6.20 Å². The molecule has 0 radical (unpaired) electrons. The van der Waals surface area contributed by atoms with Gasteiger partial charge in [-0.1, -0.05) is 65.7 Å². The standard InChI is InChI=1S/C16H11Cl2NO/c17-11-8-14(18)15(19-9-11)16(20)13-7-3-5-10-4-1-2-6-12(10)13/h1-9,16,20H. The Morgan fingerprint density at radius 1 is 1.00 bits per heavy atom. The summed E-state index contributed by atoms with van der Waals surface area (Å²) in [6, 6.07) is 15.2. The molecule has 1 heterocycles. The van der Waals surface area contributed by atoms with Gasteiger partial charge in [0.05, 0.1) is 15.7 Å². The lowest BCUT2D eigenvalue weighted by atomic mass is 9.98. The lowest BCUT2D eigenvalue weighted by Crippen LogP contribution is -2.04. The predicted octanol–water partition coefficient (Wildman–Crippen LogP) is 4.62. The number of rotatable bonds is 2. The second-order valence-electron chi connectivity index (χ2n) is 4.49. The van der Waals surface area contributed by atoms with E-state index >= 15 is 0 Å². The molecular formula is C16H11Cl2NO. The van der Waals surface area contributed by atoms with Crippen LogP contribution >= 0.6 is 23.2 Å². The van der Waals surface area contributed by atoms with Crippen LogP contribution in [0.1, 0.15) is 17.4 Å². The van der Waals surface area contributed by atoms with Gasteiger partial charge >= 0.3 is 0 Å². The number of nitrogens with zero attached hydrogens (tertiary/aromatic N) is 1. The van der Waals surface area contributed by atoms with Crippen LogP contribution in [-0.4, -0.2) is 10.1 Å². The van der Waals surface area contributed by atoms with E-state index in [0.717, 1.165) is 16.3 Å². The highest BCUT2D eigenvalue weighted by molar-refractivity contribution is 6.34. The fourth-order valence-electron chi connectivity index (χ4n) is 2.26. The van der Waals surface area contributed by atoms with Crippen LogP contribution in [0.5, 0.6) is 0 Å². The van der Waals surface area contributed by atoms with Crippen molar-refractivity contribution >= 4 is 34.0 Å². The van der Waals surface area contributed by atoms with Crippen LogP contribution in [0.15, 0.2) is 54.7 Å². The van der Waals surface area contributed by atoms with E-state index in [1.54, 1.807) is 6.07 Å². The normalized spacial score (nSPS) is 12.6. The highest BCUT2D eigenvalue weighted by Gasteiger charge is 2.17. The molecule has 3 aromatic rings. The summed E-state index contributed by atoms with van der Waals surface area (Å²) in [5.41, 5.74) is 1.19. The molecule has 0 aliphatic heterocycles. The summed E-state index contributed by atoms with van der Waals surface area (Å²) < 4.78 is 0. The Balaban J connectivity index is 2.15. The van der Waals surface area contributed by atoms with E-state index < -0.39 is 6.10 Å². The molecule has 2 nitrogen and oxygen atoms in total. The van der Waals surface area contributed by atoms with Gasteiger partial charge in [-0.25, -0.2) is 0 Å². The van der Waals surface area contributed by atoms with Crippen LogP contribution in [0, 0.1) is 0 Å². The largest absolute Gasteiger partial charge is 0.382 e. The third-order valence-corrected chi connectivity index (χ3v) is 3.72. The molecule has 4 heteroatoms. The lowest BCUT2D eigenvalue weighted by molar-refractivity contribution is 0.217. The Morgan fingerprint density at radius 2 is 1.75 bits per heavy atom. The van der Waals surface area contributed by atoms with Crippen LogP contribution in [0.25, 0.3) is 10.8 Å². The first-order valence-corrected chi connectivity index (χ1v) is 6.89. The van der Waals surface area contributed by atoms with Gasteiger partial charge in [-0.15, -0.1) is 0 Å².